The minimum atomic E-state index is -0.0101. The van der Waals surface area contributed by atoms with Crippen LogP contribution in [0.2, 0.25) is 0 Å². The van der Waals surface area contributed by atoms with Crippen LogP contribution in [-0.4, -0.2) is 35.3 Å². The Morgan fingerprint density at radius 1 is 1.27 bits per heavy atom. The van der Waals surface area contributed by atoms with E-state index in [1.165, 1.54) is 0 Å². The highest BCUT2D eigenvalue weighted by Gasteiger charge is 2.26. The van der Waals surface area contributed by atoms with Gasteiger partial charge in [-0.05, 0) is 31.0 Å². The normalized spacial score (nSPS) is 14.3. The minimum absolute atomic E-state index is 0.0101. The van der Waals surface area contributed by atoms with Crippen molar-refractivity contribution in [3.8, 4) is 22.9 Å². The summed E-state index contributed by atoms with van der Waals surface area (Å²) in [4.78, 5) is 16.2. The van der Waals surface area contributed by atoms with Crippen LogP contribution in [-0.2, 0) is 4.79 Å². The van der Waals surface area contributed by atoms with Crippen molar-refractivity contribution in [2.75, 3.05) is 19.5 Å². The number of ether oxygens (including phenoxy) is 2. The maximum Gasteiger partial charge on any atom is 0.249 e. The van der Waals surface area contributed by atoms with Crippen LogP contribution in [0.4, 0.5) is 5.95 Å². The van der Waals surface area contributed by atoms with Crippen LogP contribution in [0, 0.1) is 5.92 Å². The van der Waals surface area contributed by atoms with E-state index in [0.717, 1.165) is 24.8 Å². The quantitative estimate of drug-likeness (QED) is 0.884. The first-order valence-electron chi connectivity index (χ1n) is 7.17. The molecule has 1 fully saturated rings. The van der Waals surface area contributed by atoms with E-state index in [-0.39, 0.29) is 11.8 Å². The number of amides is 1. The highest BCUT2D eigenvalue weighted by atomic mass is 16.5. The lowest BCUT2D eigenvalue weighted by Gasteiger charge is -2.23. The standard InChI is InChI=1S/C15H18N4O3/c1-21-11-7-6-10(8-12(11)22-2)13-16-15(19-18-13)17-14(20)9-4-3-5-9/h6-9H,3-5H2,1-2H3,(H2,16,17,18,19,20). The second kappa shape index (κ2) is 6.05. The third-order valence-corrected chi connectivity index (χ3v) is 3.85. The molecule has 0 atom stereocenters. The van der Waals surface area contributed by atoms with Gasteiger partial charge in [-0.1, -0.05) is 6.42 Å². The van der Waals surface area contributed by atoms with Gasteiger partial charge in [-0.3, -0.25) is 15.2 Å². The van der Waals surface area contributed by atoms with Gasteiger partial charge in [0, 0.05) is 11.5 Å². The van der Waals surface area contributed by atoms with Crippen molar-refractivity contribution in [2.24, 2.45) is 5.92 Å². The van der Waals surface area contributed by atoms with Gasteiger partial charge in [-0.2, -0.15) is 4.98 Å². The van der Waals surface area contributed by atoms with Crippen LogP contribution in [0.25, 0.3) is 11.4 Å². The lowest BCUT2D eigenvalue weighted by Crippen LogP contribution is -2.28. The summed E-state index contributed by atoms with van der Waals surface area (Å²) in [6, 6.07) is 5.44. The van der Waals surface area contributed by atoms with Crippen LogP contribution in [0.15, 0.2) is 18.2 Å². The summed E-state index contributed by atoms with van der Waals surface area (Å²) >= 11 is 0. The van der Waals surface area contributed by atoms with Crippen molar-refractivity contribution in [3.05, 3.63) is 18.2 Å². The summed E-state index contributed by atoms with van der Waals surface area (Å²) in [5.41, 5.74) is 0.800. The maximum atomic E-state index is 11.9. The number of nitrogens with one attached hydrogen (secondary N) is 2. The number of benzene rings is 1. The number of aromatic amines is 1. The van der Waals surface area contributed by atoms with Gasteiger partial charge >= 0.3 is 0 Å². The molecule has 1 saturated carbocycles. The van der Waals surface area contributed by atoms with Gasteiger partial charge in [0.25, 0.3) is 0 Å². The van der Waals surface area contributed by atoms with Gasteiger partial charge in [0.2, 0.25) is 11.9 Å². The summed E-state index contributed by atoms with van der Waals surface area (Å²) < 4.78 is 10.5. The number of nitrogens with zero attached hydrogens (tertiary/aromatic N) is 2. The molecule has 7 nitrogen and oxygen atoms in total. The molecule has 22 heavy (non-hydrogen) atoms. The second-order valence-corrected chi connectivity index (χ2v) is 5.19. The zero-order valence-corrected chi connectivity index (χ0v) is 12.5. The van der Waals surface area contributed by atoms with Crippen LogP contribution >= 0.6 is 0 Å². The molecule has 0 spiro atoms. The third kappa shape index (κ3) is 2.74. The lowest BCUT2D eigenvalue weighted by atomic mass is 9.85. The zero-order chi connectivity index (χ0) is 15.5. The highest BCUT2D eigenvalue weighted by Crippen LogP contribution is 2.31. The van der Waals surface area contributed by atoms with Crippen molar-refractivity contribution < 1.29 is 14.3 Å². The molecule has 116 valence electrons. The van der Waals surface area contributed by atoms with Gasteiger partial charge in [0.1, 0.15) is 0 Å². The van der Waals surface area contributed by atoms with Gasteiger partial charge in [0.15, 0.2) is 17.3 Å². The molecule has 0 bridgehead atoms. The molecule has 1 aromatic carbocycles. The van der Waals surface area contributed by atoms with E-state index in [4.69, 9.17) is 9.47 Å². The van der Waals surface area contributed by atoms with Gasteiger partial charge < -0.3 is 9.47 Å². The first kappa shape index (κ1) is 14.4. The Hall–Kier alpha value is -2.57. The van der Waals surface area contributed by atoms with Gasteiger partial charge in [-0.25, -0.2) is 0 Å². The number of hydrogen-bond acceptors (Lipinski definition) is 5. The minimum Gasteiger partial charge on any atom is -0.493 e. The molecule has 1 aromatic heterocycles. The fourth-order valence-electron chi connectivity index (χ4n) is 2.31. The first-order chi connectivity index (χ1) is 10.7. The van der Waals surface area contributed by atoms with Crippen molar-refractivity contribution in [1.29, 1.82) is 0 Å². The average Bonchev–Trinajstić information content (AvgIpc) is 2.93. The topological polar surface area (TPSA) is 89.1 Å². The SMILES string of the molecule is COc1ccc(-c2nc(NC(=O)C3CCC3)n[nH]2)cc1OC. The van der Waals surface area contributed by atoms with E-state index < -0.39 is 0 Å². The molecule has 0 unspecified atom stereocenters. The van der Waals surface area contributed by atoms with Crippen molar-refractivity contribution >= 4 is 11.9 Å². The Balaban J connectivity index is 1.76. The molecule has 0 saturated heterocycles. The van der Waals surface area contributed by atoms with E-state index in [9.17, 15) is 4.79 Å². The number of carbonyl (C=O) groups excluding carboxylic acids is 1. The summed E-state index contributed by atoms with van der Waals surface area (Å²) in [5.74, 6) is 2.19. The van der Waals surface area contributed by atoms with E-state index in [0.29, 0.717) is 23.3 Å². The Morgan fingerprint density at radius 2 is 2.05 bits per heavy atom. The number of rotatable bonds is 5. The van der Waals surface area contributed by atoms with E-state index in [1.807, 2.05) is 6.07 Å². The number of hydrogen-bond donors (Lipinski definition) is 2. The fourth-order valence-corrected chi connectivity index (χ4v) is 2.31. The van der Waals surface area contributed by atoms with Crippen molar-refractivity contribution in [3.63, 3.8) is 0 Å². The molecule has 7 heteroatoms. The average molecular weight is 302 g/mol. The molecule has 0 radical (unpaired) electrons. The van der Waals surface area contributed by atoms with Gasteiger partial charge in [-0.15, -0.1) is 5.10 Å². The molecular formula is C15H18N4O3. The number of carbonyl (C=O) groups is 1. The summed E-state index contributed by atoms with van der Waals surface area (Å²) in [6.45, 7) is 0. The van der Waals surface area contributed by atoms with Crippen LogP contribution in [0.3, 0.4) is 0 Å². The molecule has 2 aromatic rings. The molecule has 0 aliphatic heterocycles. The fraction of sp³-hybridized carbons (Fsp3) is 0.400. The summed E-state index contributed by atoms with van der Waals surface area (Å²) in [5, 5.41) is 9.59. The summed E-state index contributed by atoms with van der Waals surface area (Å²) in [6.07, 6.45) is 3.00. The molecule has 2 N–H and O–H groups in total. The highest BCUT2D eigenvalue weighted by molar-refractivity contribution is 5.91. The molecule has 1 aliphatic carbocycles. The van der Waals surface area contributed by atoms with E-state index in [2.05, 4.69) is 20.5 Å². The Kier molecular flexibility index (Phi) is 3.95. The van der Waals surface area contributed by atoms with Gasteiger partial charge in [0.05, 0.1) is 14.2 Å². The largest absolute Gasteiger partial charge is 0.493 e. The molecule has 1 aliphatic rings. The Labute approximate surface area is 128 Å². The van der Waals surface area contributed by atoms with Crippen molar-refractivity contribution in [1.82, 2.24) is 15.2 Å². The smallest absolute Gasteiger partial charge is 0.249 e. The van der Waals surface area contributed by atoms with E-state index in [1.54, 1.807) is 26.4 Å². The predicted octanol–water partition coefficient (Wildman–Crippen LogP) is 2.23. The number of anilines is 1. The third-order valence-electron chi connectivity index (χ3n) is 3.85. The molecule has 1 heterocycles. The number of H-pyrrole nitrogens is 1. The van der Waals surface area contributed by atoms with Crippen molar-refractivity contribution in [2.45, 2.75) is 19.3 Å². The van der Waals surface area contributed by atoms with Crippen LogP contribution in [0.1, 0.15) is 19.3 Å². The first-order valence-corrected chi connectivity index (χ1v) is 7.17. The van der Waals surface area contributed by atoms with Crippen LogP contribution in [0.5, 0.6) is 11.5 Å². The number of methoxy groups -OCH3 is 2. The van der Waals surface area contributed by atoms with E-state index >= 15 is 0 Å². The summed E-state index contributed by atoms with van der Waals surface area (Å²) in [7, 11) is 3.16. The monoisotopic (exact) mass is 302 g/mol. The second-order valence-electron chi connectivity index (χ2n) is 5.19. The molecule has 3 rings (SSSR count). The maximum absolute atomic E-state index is 11.9. The van der Waals surface area contributed by atoms with Crippen LogP contribution < -0.4 is 14.8 Å². The number of aromatic nitrogens is 3. The predicted molar refractivity (Wildman–Crippen MR) is 80.9 cm³/mol. The molecule has 1 amide bonds. The Morgan fingerprint density at radius 3 is 2.68 bits per heavy atom. The molecular weight excluding hydrogens is 284 g/mol. The Bertz CT molecular complexity index is 679. The zero-order valence-electron chi connectivity index (χ0n) is 12.5. The lowest BCUT2D eigenvalue weighted by molar-refractivity contribution is -0.122.